The van der Waals surface area contributed by atoms with E-state index in [1.54, 1.807) is 7.11 Å². The minimum atomic E-state index is -0.0408. The molecule has 160 valence electrons. The van der Waals surface area contributed by atoms with E-state index in [1.165, 1.54) is 11.1 Å². The molecule has 1 saturated heterocycles. The lowest BCUT2D eigenvalue weighted by atomic mass is 9.96. The van der Waals surface area contributed by atoms with Crippen LogP contribution in [-0.4, -0.2) is 55.2 Å². The number of nitrogens with one attached hydrogen (secondary N) is 1. The molecule has 6 heteroatoms. The van der Waals surface area contributed by atoms with Gasteiger partial charge in [0.1, 0.15) is 11.5 Å². The zero-order valence-electron chi connectivity index (χ0n) is 17.9. The molecule has 0 spiro atoms. The molecule has 2 aliphatic rings. The molecular formula is C24H31N3O3. The first-order valence-corrected chi connectivity index (χ1v) is 10.9. The van der Waals surface area contributed by atoms with Crippen LogP contribution >= 0.6 is 0 Å². The summed E-state index contributed by atoms with van der Waals surface area (Å²) in [5.74, 6) is 1.81. The van der Waals surface area contributed by atoms with Gasteiger partial charge in [0.05, 0.1) is 13.7 Å². The predicted octanol–water partition coefficient (Wildman–Crippen LogP) is 4.15. The van der Waals surface area contributed by atoms with Crippen molar-refractivity contribution in [3.8, 4) is 11.5 Å². The zero-order chi connectivity index (χ0) is 20.9. The second-order valence-electron chi connectivity index (χ2n) is 8.03. The lowest BCUT2D eigenvalue weighted by Crippen LogP contribution is -2.62. The average molecular weight is 410 g/mol. The van der Waals surface area contributed by atoms with Crippen molar-refractivity contribution in [2.75, 3.05) is 38.7 Å². The van der Waals surface area contributed by atoms with E-state index < -0.39 is 0 Å². The Morgan fingerprint density at radius 2 is 1.97 bits per heavy atom. The van der Waals surface area contributed by atoms with E-state index in [-0.39, 0.29) is 6.03 Å². The molecule has 0 radical (unpaired) electrons. The highest BCUT2D eigenvalue weighted by molar-refractivity contribution is 5.90. The third-order valence-corrected chi connectivity index (χ3v) is 6.02. The van der Waals surface area contributed by atoms with Crippen molar-refractivity contribution >= 4 is 11.7 Å². The minimum Gasteiger partial charge on any atom is -0.496 e. The number of rotatable bonds is 7. The monoisotopic (exact) mass is 409 g/mol. The van der Waals surface area contributed by atoms with Crippen LogP contribution in [0.25, 0.3) is 0 Å². The molecule has 6 nitrogen and oxygen atoms in total. The van der Waals surface area contributed by atoms with Gasteiger partial charge in [-0.1, -0.05) is 25.5 Å². The van der Waals surface area contributed by atoms with Crippen molar-refractivity contribution in [2.24, 2.45) is 0 Å². The first-order chi connectivity index (χ1) is 14.7. The molecule has 0 atom stereocenters. The fourth-order valence-corrected chi connectivity index (χ4v) is 4.10. The van der Waals surface area contributed by atoms with Crippen LogP contribution in [0.2, 0.25) is 0 Å². The molecule has 0 aliphatic carbocycles. The Balaban J connectivity index is 1.26. The van der Waals surface area contributed by atoms with E-state index in [0.717, 1.165) is 69.2 Å². The third-order valence-electron chi connectivity index (χ3n) is 6.02. The fraction of sp³-hybridized carbons (Fsp3) is 0.458. The molecule has 1 fully saturated rings. The molecule has 2 aliphatic heterocycles. The quantitative estimate of drug-likeness (QED) is 0.698. The van der Waals surface area contributed by atoms with Crippen LogP contribution in [0.5, 0.6) is 11.5 Å². The van der Waals surface area contributed by atoms with Gasteiger partial charge in [0.25, 0.3) is 0 Å². The molecule has 2 amide bonds. The number of hydrogen-bond acceptors (Lipinski definition) is 4. The van der Waals surface area contributed by atoms with Gasteiger partial charge in [-0.25, -0.2) is 4.79 Å². The number of ether oxygens (including phenoxy) is 2. The summed E-state index contributed by atoms with van der Waals surface area (Å²) in [6.45, 7) is 6.30. The number of likely N-dealkylation sites (tertiary alicyclic amines) is 1. The molecule has 0 saturated carbocycles. The Kier molecular flexibility index (Phi) is 6.43. The molecule has 2 heterocycles. The summed E-state index contributed by atoms with van der Waals surface area (Å²) in [6.07, 6.45) is 3.19. The maximum Gasteiger partial charge on any atom is 0.321 e. The number of carbonyl (C=O) groups is 1. The van der Waals surface area contributed by atoms with Crippen molar-refractivity contribution < 1.29 is 14.3 Å². The van der Waals surface area contributed by atoms with E-state index in [9.17, 15) is 4.79 Å². The van der Waals surface area contributed by atoms with Crippen LogP contribution in [0, 0.1) is 0 Å². The maximum absolute atomic E-state index is 12.6. The van der Waals surface area contributed by atoms with Crippen molar-refractivity contribution in [2.45, 2.75) is 38.8 Å². The Morgan fingerprint density at radius 3 is 2.70 bits per heavy atom. The van der Waals surface area contributed by atoms with Gasteiger partial charge in [0.15, 0.2) is 0 Å². The highest BCUT2D eigenvalue weighted by Crippen LogP contribution is 2.30. The summed E-state index contributed by atoms with van der Waals surface area (Å²) in [7, 11) is 1.73. The second kappa shape index (κ2) is 9.39. The topological polar surface area (TPSA) is 54.0 Å². The third kappa shape index (κ3) is 4.54. The van der Waals surface area contributed by atoms with Gasteiger partial charge in [-0.3, -0.25) is 4.90 Å². The molecule has 4 rings (SSSR count). The molecule has 30 heavy (non-hydrogen) atoms. The highest BCUT2D eigenvalue weighted by atomic mass is 16.5. The number of carbonyl (C=O) groups excluding carboxylic acids is 1. The van der Waals surface area contributed by atoms with Crippen molar-refractivity contribution in [3.63, 3.8) is 0 Å². The van der Waals surface area contributed by atoms with Crippen molar-refractivity contribution in [1.29, 1.82) is 0 Å². The van der Waals surface area contributed by atoms with Gasteiger partial charge < -0.3 is 19.7 Å². The normalized spacial score (nSPS) is 16.5. The van der Waals surface area contributed by atoms with E-state index in [1.807, 2.05) is 35.2 Å². The Hall–Kier alpha value is -2.73. The summed E-state index contributed by atoms with van der Waals surface area (Å²) in [4.78, 5) is 16.9. The van der Waals surface area contributed by atoms with E-state index in [0.29, 0.717) is 6.04 Å². The summed E-state index contributed by atoms with van der Waals surface area (Å²) in [6, 6.07) is 14.2. The highest BCUT2D eigenvalue weighted by Gasteiger charge is 2.36. The van der Waals surface area contributed by atoms with Crippen LogP contribution in [0.4, 0.5) is 10.5 Å². The number of hydrogen-bond donors (Lipinski definition) is 1. The van der Waals surface area contributed by atoms with Gasteiger partial charge in [0, 0.05) is 43.5 Å². The van der Waals surface area contributed by atoms with Gasteiger partial charge in [0.2, 0.25) is 0 Å². The predicted molar refractivity (Wildman–Crippen MR) is 118 cm³/mol. The Bertz CT molecular complexity index is 848. The van der Waals surface area contributed by atoms with Crippen LogP contribution in [0.15, 0.2) is 42.5 Å². The van der Waals surface area contributed by atoms with Gasteiger partial charge >= 0.3 is 6.03 Å². The summed E-state index contributed by atoms with van der Waals surface area (Å²) >= 11 is 0. The van der Waals surface area contributed by atoms with Gasteiger partial charge in [-0.15, -0.1) is 0 Å². The van der Waals surface area contributed by atoms with Crippen LogP contribution in [0.3, 0.4) is 0 Å². The van der Waals surface area contributed by atoms with E-state index >= 15 is 0 Å². The molecule has 2 aromatic rings. The summed E-state index contributed by atoms with van der Waals surface area (Å²) in [5, 5.41) is 2.99. The lowest BCUT2D eigenvalue weighted by Gasteiger charge is -2.46. The summed E-state index contributed by atoms with van der Waals surface area (Å²) in [5.41, 5.74) is 3.46. The molecule has 0 aromatic heterocycles. The Morgan fingerprint density at radius 1 is 1.17 bits per heavy atom. The average Bonchev–Trinajstić information content (AvgIpc) is 2.73. The summed E-state index contributed by atoms with van der Waals surface area (Å²) < 4.78 is 11.2. The number of benzene rings is 2. The number of fused-ring (bicyclic) bond motifs is 1. The first kappa shape index (κ1) is 20.5. The molecular weight excluding hydrogens is 378 g/mol. The fourth-order valence-electron chi connectivity index (χ4n) is 4.10. The number of unbranched alkanes of at least 4 members (excludes halogenated alkanes) is 1. The zero-order valence-corrected chi connectivity index (χ0v) is 17.9. The SMILES string of the molecule is CCCCOc1ccc(NC(=O)N2CC(N3CCc4cccc(OC)c4C3)C2)cc1. The Labute approximate surface area is 178 Å². The minimum absolute atomic E-state index is 0.0408. The largest absolute Gasteiger partial charge is 0.496 e. The first-order valence-electron chi connectivity index (χ1n) is 10.9. The number of amides is 2. The molecule has 2 aromatic carbocycles. The van der Waals surface area contributed by atoms with Crippen molar-refractivity contribution in [1.82, 2.24) is 9.80 Å². The van der Waals surface area contributed by atoms with Crippen molar-refractivity contribution in [3.05, 3.63) is 53.6 Å². The van der Waals surface area contributed by atoms with Crippen LogP contribution in [0.1, 0.15) is 30.9 Å². The second-order valence-corrected chi connectivity index (χ2v) is 8.03. The van der Waals surface area contributed by atoms with Gasteiger partial charge in [-0.2, -0.15) is 0 Å². The number of nitrogens with zero attached hydrogens (tertiary/aromatic N) is 2. The molecule has 1 N–H and O–H groups in total. The maximum atomic E-state index is 12.6. The molecule has 0 unspecified atom stereocenters. The van der Waals surface area contributed by atoms with Gasteiger partial charge in [-0.05, 0) is 48.7 Å². The van der Waals surface area contributed by atoms with E-state index in [4.69, 9.17) is 9.47 Å². The number of methoxy groups -OCH3 is 1. The van der Waals surface area contributed by atoms with E-state index in [2.05, 4.69) is 29.3 Å². The number of anilines is 1. The molecule has 0 bridgehead atoms. The standard InChI is InChI=1S/C24H31N3O3/c1-3-4-14-30-21-10-8-19(9-11-21)25-24(28)27-15-20(16-27)26-13-12-18-6-5-7-23(29-2)22(18)17-26/h5-11,20H,3-4,12-17H2,1-2H3,(H,25,28). The van der Waals surface area contributed by atoms with Crippen LogP contribution < -0.4 is 14.8 Å². The number of urea groups is 1. The smallest absolute Gasteiger partial charge is 0.321 e. The van der Waals surface area contributed by atoms with Crippen LogP contribution in [-0.2, 0) is 13.0 Å². The lowest BCUT2D eigenvalue weighted by molar-refractivity contribution is 0.0522.